The first-order valence-electron chi connectivity index (χ1n) is 9.48. The van der Waals surface area contributed by atoms with Gasteiger partial charge in [0.25, 0.3) is 0 Å². The Morgan fingerprint density at radius 3 is 2.58 bits per heavy atom. The number of anilines is 1. The van der Waals surface area contributed by atoms with Crippen LogP contribution < -0.4 is 5.32 Å². The van der Waals surface area contributed by atoms with Crippen molar-refractivity contribution in [3.63, 3.8) is 0 Å². The second-order valence-corrected chi connectivity index (χ2v) is 8.33. The van der Waals surface area contributed by atoms with Gasteiger partial charge in [-0.1, -0.05) is 32.1 Å². The molecule has 1 aromatic rings. The average Bonchev–Trinajstić information content (AvgIpc) is 3.05. The molecule has 0 atom stereocenters. The van der Waals surface area contributed by atoms with Gasteiger partial charge in [-0.15, -0.1) is 10.2 Å². The van der Waals surface area contributed by atoms with E-state index in [2.05, 4.69) is 36.3 Å². The Hall–Kier alpha value is -1.70. The van der Waals surface area contributed by atoms with Crippen LogP contribution in [0.5, 0.6) is 0 Å². The van der Waals surface area contributed by atoms with Gasteiger partial charge < -0.3 is 9.64 Å². The molecule has 0 radical (unpaired) electrons. The van der Waals surface area contributed by atoms with Gasteiger partial charge in [-0.05, 0) is 50.9 Å². The van der Waals surface area contributed by atoms with Gasteiger partial charge in [-0.2, -0.15) is 0 Å². The van der Waals surface area contributed by atoms with E-state index in [1.807, 2.05) is 4.90 Å². The van der Waals surface area contributed by atoms with Crippen LogP contribution in [-0.4, -0.2) is 46.3 Å². The van der Waals surface area contributed by atoms with Crippen LogP contribution in [0.2, 0.25) is 0 Å². The summed E-state index contributed by atoms with van der Waals surface area (Å²) in [5.41, 5.74) is 0. The molecule has 0 aliphatic heterocycles. The molecule has 8 heteroatoms. The number of rotatable bonds is 7. The number of aromatic nitrogens is 2. The van der Waals surface area contributed by atoms with Gasteiger partial charge in [0.1, 0.15) is 0 Å². The molecule has 1 heterocycles. The normalized spacial score (nSPS) is 20.0. The molecule has 1 fully saturated rings. The number of urea groups is 1. The van der Waals surface area contributed by atoms with E-state index in [4.69, 9.17) is 4.74 Å². The summed E-state index contributed by atoms with van der Waals surface area (Å²) in [4.78, 5) is 26.5. The van der Waals surface area contributed by atoms with E-state index in [1.54, 1.807) is 6.92 Å². The van der Waals surface area contributed by atoms with Crippen LogP contribution in [0.15, 0.2) is 0 Å². The van der Waals surface area contributed by atoms with E-state index in [9.17, 15) is 9.59 Å². The van der Waals surface area contributed by atoms with Crippen LogP contribution in [0, 0.1) is 11.8 Å². The Balaban J connectivity index is 2.02. The predicted molar refractivity (Wildman–Crippen MR) is 102 cm³/mol. The predicted octanol–water partition coefficient (Wildman–Crippen LogP) is 4.17. The molecule has 1 N–H and O–H groups in total. The highest BCUT2D eigenvalue weighted by Crippen LogP contribution is 2.28. The number of hydrogen-bond donors (Lipinski definition) is 1. The van der Waals surface area contributed by atoms with E-state index >= 15 is 0 Å². The van der Waals surface area contributed by atoms with Crippen molar-refractivity contribution in [1.29, 1.82) is 0 Å². The monoisotopic (exact) mass is 382 g/mol. The van der Waals surface area contributed by atoms with Gasteiger partial charge in [-0.3, -0.25) is 5.32 Å². The summed E-state index contributed by atoms with van der Waals surface area (Å²) in [6.07, 6.45) is 5.35. The molecule has 2 amide bonds. The first kappa shape index (κ1) is 20.6. The highest BCUT2D eigenvalue weighted by molar-refractivity contribution is 7.17. The summed E-state index contributed by atoms with van der Waals surface area (Å²) in [5, 5.41) is 11.0. The lowest BCUT2D eigenvalue weighted by Crippen LogP contribution is -2.45. The standard InChI is InChI=1S/C18H30N4O3S/c1-5-25-16(23)15-20-21-17(26-15)19-18(24)22(11-10-12(2)3)14-8-6-13(4)7-9-14/h12-14H,5-11H2,1-4H3,(H,19,21,24). The smallest absolute Gasteiger partial charge is 0.369 e. The maximum Gasteiger partial charge on any atom is 0.369 e. The zero-order valence-corrected chi connectivity index (χ0v) is 17.0. The van der Waals surface area contributed by atoms with Gasteiger partial charge in [-0.25, -0.2) is 9.59 Å². The van der Waals surface area contributed by atoms with E-state index in [1.165, 1.54) is 0 Å². The van der Waals surface area contributed by atoms with Gasteiger partial charge >= 0.3 is 12.0 Å². The lowest BCUT2D eigenvalue weighted by Gasteiger charge is -2.36. The van der Waals surface area contributed by atoms with Gasteiger partial charge in [0, 0.05) is 12.6 Å². The first-order valence-corrected chi connectivity index (χ1v) is 10.3. The molecule has 0 saturated heterocycles. The van der Waals surface area contributed by atoms with Crippen molar-refractivity contribution in [3.05, 3.63) is 5.01 Å². The zero-order chi connectivity index (χ0) is 19.1. The summed E-state index contributed by atoms with van der Waals surface area (Å²) in [5.74, 6) is 0.754. The minimum absolute atomic E-state index is 0.155. The average molecular weight is 383 g/mol. The molecule has 1 aromatic heterocycles. The molecule has 7 nitrogen and oxygen atoms in total. The second kappa shape index (κ2) is 9.85. The van der Waals surface area contributed by atoms with Crippen LogP contribution in [0.3, 0.4) is 0 Å². The lowest BCUT2D eigenvalue weighted by atomic mass is 9.86. The molecule has 26 heavy (non-hydrogen) atoms. The highest BCUT2D eigenvalue weighted by atomic mass is 32.1. The Bertz CT molecular complexity index is 597. The van der Waals surface area contributed by atoms with E-state index in [0.29, 0.717) is 11.0 Å². The molecule has 1 aliphatic carbocycles. The van der Waals surface area contributed by atoms with Crippen molar-refractivity contribution in [1.82, 2.24) is 15.1 Å². The molecule has 1 saturated carbocycles. The SMILES string of the molecule is CCOC(=O)c1nnc(NC(=O)N(CCC(C)C)C2CCC(C)CC2)s1. The third kappa shape index (κ3) is 5.93. The summed E-state index contributed by atoms with van der Waals surface area (Å²) in [7, 11) is 0. The Morgan fingerprint density at radius 1 is 1.27 bits per heavy atom. The van der Waals surface area contributed by atoms with Crippen molar-refractivity contribution < 1.29 is 14.3 Å². The fourth-order valence-electron chi connectivity index (χ4n) is 3.11. The second-order valence-electron chi connectivity index (χ2n) is 7.35. The zero-order valence-electron chi connectivity index (χ0n) is 16.2. The number of nitrogens with one attached hydrogen (secondary N) is 1. The summed E-state index contributed by atoms with van der Waals surface area (Å²) < 4.78 is 4.91. The van der Waals surface area contributed by atoms with Crippen LogP contribution in [0.1, 0.15) is 69.6 Å². The van der Waals surface area contributed by atoms with Crippen molar-refractivity contribution in [2.45, 2.75) is 65.8 Å². The molecule has 146 valence electrons. The molecular formula is C18H30N4O3S. The molecule has 0 unspecified atom stereocenters. The topological polar surface area (TPSA) is 84.4 Å². The van der Waals surface area contributed by atoms with Gasteiger partial charge in [0.2, 0.25) is 10.1 Å². The highest BCUT2D eigenvalue weighted by Gasteiger charge is 2.28. The van der Waals surface area contributed by atoms with Crippen LogP contribution >= 0.6 is 11.3 Å². The van der Waals surface area contributed by atoms with E-state index < -0.39 is 5.97 Å². The van der Waals surface area contributed by atoms with Crippen molar-refractivity contribution >= 4 is 28.5 Å². The third-order valence-corrected chi connectivity index (χ3v) is 5.54. The number of hydrogen-bond acceptors (Lipinski definition) is 6. The Labute approximate surface area is 159 Å². The summed E-state index contributed by atoms with van der Waals surface area (Å²) in [6, 6.07) is 0.110. The Kier molecular flexibility index (Phi) is 7.81. The summed E-state index contributed by atoms with van der Waals surface area (Å²) in [6.45, 7) is 9.34. The maximum absolute atomic E-state index is 12.8. The molecule has 2 rings (SSSR count). The van der Waals surface area contributed by atoms with Crippen molar-refractivity contribution in [2.24, 2.45) is 11.8 Å². The van der Waals surface area contributed by atoms with Gasteiger partial charge in [0.05, 0.1) is 6.61 Å². The number of esters is 1. The van der Waals surface area contributed by atoms with Crippen molar-refractivity contribution in [3.8, 4) is 0 Å². The molecular weight excluding hydrogens is 352 g/mol. The number of ether oxygens (including phenoxy) is 1. The van der Waals surface area contributed by atoms with Crippen LogP contribution in [0.4, 0.5) is 9.93 Å². The molecule has 0 spiro atoms. The number of carbonyl (C=O) groups excluding carboxylic acids is 2. The van der Waals surface area contributed by atoms with Crippen molar-refractivity contribution in [2.75, 3.05) is 18.5 Å². The van der Waals surface area contributed by atoms with E-state index in [-0.39, 0.29) is 23.7 Å². The number of amides is 2. The maximum atomic E-state index is 12.8. The van der Waals surface area contributed by atoms with Crippen LogP contribution in [-0.2, 0) is 4.74 Å². The molecule has 1 aliphatic rings. The minimum Gasteiger partial charge on any atom is -0.461 e. The lowest BCUT2D eigenvalue weighted by molar-refractivity contribution is 0.0525. The molecule has 0 aromatic carbocycles. The van der Waals surface area contributed by atoms with Gasteiger partial charge in [0.15, 0.2) is 0 Å². The largest absolute Gasteiger partial charge is 0.461 e. The fourth-order valence-corrected chi connectivity index (χ4v) is 3.74. The number of carbonyl (C=O) groups is 2. The third-order valence-electron chi connectivity index (χ3n) is 4.72. The fraction of sp³-hybridized carbons (Fsp3) is 0.778. The minimum atomic E-state index is -0.511. The summed E-state index contributed by atoms with van der Waals surface area (Å²) >= 11 is 1.04. The number of nitrogens with zero attached hydrogens (tertiary/aromatic N) is 3. The molecule has 0 bridgehead atoms. The quantitative estimate of drug-likeness (QED) is 0.715. The Morgan fingerprint density at radius 2 is 1.96 bits per heavy atom. The van der Waals surface area contributed by atoms with Crippen LogP contribution in [0.25, 0.3) is 0 Å². The van der Waals surface area contributed by atoms with E-state index in [0.717, 1.165) is 55.9 Å². The first-order chi connectivity index (χ1) is 12.4.